The van der Waals surface area contributed by atoms with Crippen molar-refractivity contribution in [3.63, 3.8) is 0 Å². The summed E-state index contributed by atoms with van der Waals surface area (Å²) in [6, 6.07) is 0. The van der Waals surface area contributed by atoms with Crippen LogP contribution in [0.5, 0.6) is 0 Å². The molecule has 3 heterocycles. The van der Waals surface area contributed by atoms with Gasteiger partial charge in [-0.15, -0.1) is 0 Å². The number of anilines is 1. The van der Waals surface area contributed by atoms with Gasteiger partial charge >= 0.3 is 0 Å². The first-order valence-electron chi connectivity index (χ1n) is 8.67. The first-order chi connectivity index (χ1) is 12.2. The largest absolute Gasteiger partial charge is 0.354 e. The van der Waals surface area contributed by atoms with Crippen LogP contribution in [0.1, 0.15) is 30.0 Å². The van der Waals surface area contributed by atoms with Crippen LogP contribution in [0.3, 0.4) is 0 Å². The molecule has 1 saturated heterocycles. The Kier molecular flexibility index (Phi) is 4.25. The summed E-state index contributed by atoms with van der Waals surface area (Å²) >= 11 is 0. The smallest absolute Gasteiger partial charge is 0.281 e. The van der Waals surface area contributed by atoms with Gasteiger partial charge in [-0.25, -0.2) is 18.4 Å². The van der Waals surface area contributed by atoms with E-state index in [2.05, 4.69) is 15.3 Å². The van der Waals surface area contributed by atoms with E-state index in [0.717, 1.165) is 10.8 Å². The number of nitrogens with one attached hydrogen (secondary N) is 1. The van der Waals surface area contributed by atoms with Gasteiger partial charge in [0.15, 0.2) is 9.84 Å². The maximum Gasteiger partial charge on any atom is 0.281 e. The van der Waals surface area contributed by atoms with Crippen molar-refractivity contribution in [2.45, 2.75) is 29.8 Å². The zero-order valence-electron chi connectivity index (χ0n) is 14.8. The Hall–Kier alpha value is -1.30. The highest BCUT2D eigenvalue weighted by Crippen LogP contribution is 2.40. The molecule has 0 aromatic carbocycles. The van der Waals surface area contributed by atoms with Crippen molar-refractivity contribution in [1.82, 2.24) is 18.6 Å². The summed E-state index contributed by atoms with van der Waals surface area (Å²) < 4.78 is 52.6. The molecule has 1 aromatic heterocycles. The topological polar surface area (TPSA) is 113 Å². The zero-order chi connectivity index (χ0) is 18.7. The molecule has 144 valence electrons. The number of hydrogen-bond acceptors (Lipinski definition) is 7. The van der Waals surface area contributed by atoms with Gasteiger partial charge in [-0.2, -0.15) is 17.0 Å². The van der Waals surface area contributed by atoms with Gasteiger partial charge in [0, 0.05) is 51.4 Å². The monoisotopic (exact) mass is 401 g/mol. The Morgan fingerprint density at radius 2 is 2.04 bits per heavy atom. The molecule has 9 nitrogen and oxygen atoms in total. The fourth-order valence-electron chi connectivity index (χ4n) is 3.60. The Bertz CT molecular complexity index is 927. The molecular formula is C15H23N5O4S2. The highest BCUT2D eigenvalue weighted by molar-refractivity contribution is 7.91. The molecular weight excluding hydrogens is 378 g/mol. The molecule has 1 aromatic rings. The summed E-state index contributed by atoms with van der Waals surface area (Å²) in [6.45, 7) is 0.907. The summed E-state index contributed by atoms with van der Waals surface area (Å²) in [6.07, 6.45) is 3.98. The minimum absolute atomic E-state index is 0.0260. The lowest BCUT2D eigenvalue weighted by molar-refractivity contribution is 0.418. The molecule has 0 amide bonds. The maximum atomic E-state index is 12.7. The first kappa shape index (κ1) is 18.1. The number of sulfone groups is 1. The van der Waals surface area contributed by atoms with E-state index in [-0.39, 0.29) is 18.8 Å². The first-order valence-corrected chi connectivity index (χ1v) is 11.8. The summed E-state index contributed by atoms with van der Waals surface area (Å²) in [5.74, 6) is 0.558. The van der Waals surface area contributed by atoms with Gasteiger partial charge in [0.2, 0.25) is 5.95 Å². The van der Waals surface area contributed by atoms with Crippen LogP contribution < -0.4 is 5.32 Å². The third kappa shape index (κ3) is 3.10. The molecule has 0 bridgehead atoms. The van der Waals surface area contributed by atoms with E-state index in [1.54, 1.807) is 6.20 Å². The molecule has 26 heavy (non-hydrogen) atoms. The van der Waals surface area contributed by atoms with Gasteiger partial charge in [0.1, 0.15) is 0 Å². The predicted molar refractivity (Wildman–Crippen MR) is 96.6 cm³/mol. The molecule has 2 fully saturated rings. The van der Waals surface area contributed by atoms with Crippen LogP contribution in [-0.4, -0.2) is 74.4 Å². The second kappa shape index (κ2) is 6.11. The lowest BCUT2D eigenvalue weighted by Crippen LogP contribution is -2.39. The van der Waals surface area contributed by atoms with Gasteiger partial charge < -0.3 is 5.32 Å². The molecule has 1 N–H and O–H groups in total. The van der Waals surface area contributed by atoms with Gasteiger partial charge in [-0.3, -0.25) is 0 Å². The second-order valence-corrected chi connectivity index (χ2v) is 11.8. The fourth-order valence-corrected chi connectivity index (χ4v) is 6.85. The molecule has 0 radical (unpaired) electrons. The van der Waals surface area contributed by atoms with Crippen LogP contribution in [0, 0.1) is 5.92 Å². The van der Waals surface area contributed by atoms with Gasteiger partial charge in [0.25, 0.3) is 10.2 Å². The quantitative estimate of drug-likeness (QED) is 0.727. The van der Waals surface area contributed by atoms with Crippen molar-refractivity contribution in [2.24, 2.45) is 5.92 Å². The second-order valence-electron chi connectivity index (χ2n) is 7.49. The summed E-state index contributed by atoms with van der Waals surface area (Å²) in [5, 5.41) is 2.45. The Morgan fingerprint density at radius 3 is 2.69 bits per heavy atom. The normalized spacial score (nSPS) is 28.0. The van der Waals surface area contributed by atoms with Crippen molar-refractivity contribution in [3.8, 4) is 0 Å². The van der Waals surface area contributed by atoms with Crippen LogP contribution in [0.15, 0.2) is 6.20 Å². The van der Waals surface area contributed by atoms with E-state index in [1.165, 1.54) is 31.2 Å². The average Bonchev–Trinajstić information content (AvgIpc) is 3.27. The zero-order valence-corrected chi connectivity index (χ0v) is 16.4. The van der Waals surface area contributed by atoms with Crippen molar-refractivity contribution in [2.75, 3.05) is 39.0 Å². The lowest BCUT2D eigenvalue weighted by Gasteiger charge is -2.26. The molecule has 1 aliphatic carbocycles. The Labute approximate surface area is 153 Å². The van der Waals surface area contributed by atoms with E-state index in [4.69, 9.17) is 0 Å². The highest BCUT2D eigenvalue weighted by atomic mass is 32.2. The SMILES string of the molecule is CN(C)S(=O)(=O)N1C[C@@H]2c3nc(NCC4CC4)ncc3CS(=O)(=O)[C@@H]2C1. The molecule has 2 atom stereocenters. The fraction of sp³-hybridized carbons (Fsp3) is 0.733. The van der Waals surface area contributed by atoms with Crippen molar-refractivity contribution in [1.29, 1.82) is 0 Å². The number of aromatic nitrogens is 2. The van der Waals surface area contributed by atoms with Crippen LogP contribution in [-0.2, 0) is 25.8 Å². The van der Waals surface area contributed by atoms with Gasteiger partial charge in [-0.1, -0.05) is 0 Å². The summed E-state index contributed by atoms with van der Waals surface area (Å²) in [5.41, 5.74) is 1.24. The van der Waals surface area contributed by atoms with Crippen molar-refractivity contribution < 1.29 is 16.8 Å². The van der Waals surface area contributed by atoms with E-state index in [1.807, 2.05) is 0 Å². The van der Waals surface area contributed by atoms with Crippen LogP contribution in [0.2, 0.25) is 0 Å². The number of nitrogens with zero attached hydrogens (tertiary/aromatic N) is 4. The third-order valence-corrected chi connectivity index (χ3v) is 9.32. The Balaban J connectivity index is 1.66. The molecule has 1 saturated carbocycles. The lowest BCUT2D eigenvalue weighted by atomic mass is 10.00. The van der Waals surface area contributed by atoms with Crippen LogP contribution in [0.4, 0.5) is 5.95 Å². The van der Waals surface area contributed by atoms with Gasteiger partial charge in [-0.05, 0) is 18.8 Å². The van der Waals surface area contributed by atoms with E-state index in [9.17, 15) is 16.8 Å². The molecule has 4 rings (SSSR count). The number of rotatable bonds is 5. The standard InChI is InChI=1S/C15H23N5O4S2/c1-19(2)26(23,24)20-7-12-13(8-20)25(21,22)9-11-6-17-15(18-14(11)12)16-5-10-3-4-10/h6,10,12-13H,3-5,7-9H2,1-2H3,(H,16,17,18)/t12-,13+/m0/s1. The summed E-state index contributed by atoms with van der Waals surface area (Å²) in [4.78, 5) is 8.80. The minimum atomic E-state index is -3.67. The molecule has 0 spiro atoms. The number of hydrogen-bond donors (Lipinski definition) is 1. The van der Waals surface area contributed by atoms with E-state index in [0.29, 0.717) is 23.1 Å². The van der Waals surface area contributed by atoms with Crippen molar-refractivity contribution >= 4 is 26.0 Å². The van der Waals surface area contributed by atoms with E-state index < -0.39 is 31.2 Å². The molecule has 2 aliphatic heterocycles. The van der Waals surface area contributed by atoms with E-state index >= 15 is 0 Å². The average molecular weight is 402 g/mol. The summed E-state index contributed by atoms with van der Waals surface area (Å²) in [7, 11) is -4.22. The number of fused-ring (bicyclic) bond motifs is 3. The molecule has 11 heteroatoms. The third-order valence-electron chi connectivity index (χ3n) is 5.33. The minimum Gasteiger partial charge on any atom is -0.354 e. The van der Waals surface area contributed by atoms with Gasteiger partial charge in [0.05, 0.1) is 16.7 Å². The predicted octanol–water partition coefficient (Wildman–Crippen LogP) is -0.199. The maximum absolute atomic E-state index is 12.7. The molecule has 0 unspecified atom stereocenters. The van der Waals surface area contributed by atoms with Crippen LogP contribution in [0.25, 0.3) is 0 Å². The van der Waals surface area contributed by atoms with Crippen molar-refractivity contribution in [3.05, 3.63) is 17.5 Å². The molecule has 3 aliphatic rings. The van der Waals surface area contributed by atoms with Crippen LogP contribution >= 0.6 is 0 Å². The Morgan fingerprint density at radius 1 is 1.31 bits per heavy atom. The highest BCUT2D eigenvalue weighted by Gasteiger charge is 2.50.